The second kappa shape index (κ2) is 4.91. The lowest BCUT2D eigenvalue weighted by molar-refractivity contribution is 0.390. The van der Waals surface area contributed by atoms with Crippen molar-refractivity contribution in [3.63, 3.8) is 0 Å². The lowest BCUT2D eigenvalue weighted by Crippen LogP contribution is -2.20. The van der Waals surface area contributed by atoms with Crippen LogP contribution in [0.1, 0.15) is 11.5 Å². The van der Waals surface area contributed by atoms with Gasteiger partial charge in [0.15, 0.2) is 5.82 Å². The second-order valence-electron chi connectivity index (χ2n) is 3.91. The van der Waals surface area contributed by atoms with Gasteiger partial charge >= 0.3 is 0 Å². The number of methoxy groups -OCH3 is 1. The number of nitrogens with two attached hydrogens (primary N) is 1. The predicted octanol–water partition coefficient (Wildman–Crippen LogP) is 1.00. The minimum absolute atomic E-state index is 0.364. The molecule has 7 heteroatoms. The van der Waals surface area contributed by atoms with Gasteiger partial charge in [-0.25, -0.2) is 4.98 Å². The molecule has 0 spiro atoms. The number of hydrogen-bond acceptors (Lipinski definition) is 7. The molecule has 2 N–H and O–H groups in total. The second-order valence-corrected chi connectivity index (χ2v) is 3.91. The smallest absolute Gasteiger partial charge is 0.242 e. The molecule has 0 saturated heterocycles. The summed E-state index contributed by atoms with van der Waals surface area (Å²) in [4.78, 5) is 9.93. The molecule has 0 radical (unpaired) electrons. The molecule has 0 aromatic carbocycles. The maximum Gasteiger partial charge on any atom is 0.242 e. The molecule has 0 atom stereocenters. The summed E-state index contributed by atoms with van der Waals surface area (Å²) in [6, 6.07) is 1.87. The van der Waals surface area contributed by atoms with Gasteiger partial charge in [-0.1, -0.05) is 5.16 Å². The molecule has 0 aliphatic carbocycles. The van der Waals surface area contributed by atoms with Crippen molar-refractivity contribution in [1.82, 2.24) is 15.1 Å². The van der Waals surface area contributed by atoms with E-state index in [-0.39, 0.29) is 0 Å². The van der Waals surface area contributed by atoms with Crippen LogP contribution in [-0.4, -0.2) is 29.3 Å². The fourth-order valence-corrected chi connectivity index (χ4v) is 1.65. The molecule has 0 saturated carbocycles. The van der Waals surface area contributed by atoms with Gasteiger partial charge in [0.25, 0.3) is 0 Å². The molecule has 0 aliphatic rings. The van der Waals surface area contributed by atoms with E-state index in [9.17, 15) is 0 Å². The highest BCUT2D eigenvalue weighted by molar-refractivity contribution is 5.67. The third-order valence-corrected chi connectivity index (χ3v) is 2.46. The number of rotatable bonds is 4. The summed E-state index contributed by atoms with van der Waals surface area (Å²) in [5.74, 6) is 1.73. The lowest BCUT2D eigenvalue weighted by Gasteiger charge is -2.18. The molecule has 2 heterocycles. The van der Waals surface area contributed by atoms with Crippen molar-refractivity contribution in [2.45, 2.75) is 13.5 Å². The van der Waals surface area contributed by atoms with E-state index in [4.69, 9.17) is 15.0 Å². The highest BCUT2D eigenvalue weighted by Crippen LogP contribution is 2.27. The number of anilines is 2. The monoisotopic (exact) mass is 249 g/mol. The summed E-state index contributed by atoms with van der Waals surface area (Å²) in [5, 5.41) is 3.92. The molecule has 2 aromatic heterocycles. The third kappa shape index (κ3) is 2.34. The molecule has 7 nitrogen and oxygen atoms in total. The molecule has 0 amide bonds. The molecule has 0 unspecified atom stereocenters. The summed E-state index contributed by atoms with van der Waals surface area (Å²) >= 11 is 0. The fourth-order valence-electron chi connectivity index (χ4n) is 1.65. The van der Waals surface area contributed by atoms with Crippen LogP contribution in [0.4, 0.5) is 11.5 Å². The summed E-state index contributed by atoms with van der Waals surface area (Å²) in [6.45, 7) is 2.39. The first-order chi connectivity index (χ1) is 8.61. The van der Waals surface area contributed by atoms with Crippen LogP contribution >= 0.6 is 0 Å². The molecular formula is C11H15N5O2. The Morgan fingerprint density at radius 2 is 2.22 bits per heavy atom. The first kappa shape index (κ1) is 12.2. The number of aromatic nitrogens is 3. The summed E-state index contributed by atoms with van der Waals surface area (Å²) in [5.41, 5.74) is 7.14. The van der Waals surface area contributed by atoms with E-state index in [1.807, 2.05) is 24.9 Å². The van der Waals surface area contributed by atoms with E-state index < -0.39 is 0 Å². The topological polar surface area (TPSA) is 90.3 Å². The largest absolute Gasteiger partial charge is 0.479 e. The average molecular weight is 249 g/mol. The number of hydrogen-bond donors (Lipinski definition) is 1. The van der Waals surface area contributed by atoms with Crippen molar-refractivity contribution in [3.8, 4) is 5.88 Å². The maximum absolute atomic E-state index is 5.92. The van der Waals surface area contributed by atoms with Crippen LogP contribution in [0.15, 0.2) is 16.9 Å². The van der Waals surface area contributed by atoms with Crippen LogP contribution < -0.4 is 15.4 Å². The first-order valence-corrected chi connectivity index (χ1v) is 5.39. The SMILES string of the molecule is COc1ncnc(N(C)Cc2cc(C)on2)c1N. The molecule has 2 rings (SSSR count). The minimum Gasteiger partial charge on any atom is -0.479 e. The van der Waals surface area contributed by atoms with Crippen LogP contribution in [0.3, 0.4) is 0 Å². The van der Waals surface area contributed by atoms with Crippen LogP contribution in [0.25, 0.3) is 0 Å². The zero-order chi connectivity index (χ0) is 13.1. The van der Waals surface area contributed by atoms with E-state index in [2.05, 4.69) is 15.1 Å². The minimum atomic E-state index is 0.364. The van der Waals surface area contributed by atoms with Gasteiger partial charge in [0.05, 0.1) is 13.7 Å². The van der Waals surface area contributed by atoms with Gasteiger partial charge in [0.2, 0.25) is 5.88 Å². The first-order valence-electron chi connectivity index (χ1n) is 5.39. The molecule has 0 fully saturated rings. The van der Waals surface area contributed by atoms with Crippen molar-refractivity contribution >= 4 is 11.5 Å². The molecule has 2 aromatic rings. The van der Waals surface area contributed by atoms with Gasteiger partial charge in [-0.15, -0.1) is 0 Å². The highest BCUT2D eigenvalue weighted by Gasteiger charge is 2.14. The lowest BCUT2D eigenvalue weighted by atomic mass is 10.3. The Kier molecular flexibility index (Phi) is 3.31. The molecule has 0 bridgehead atoms. The normalized spacial score (nSPS) is 10.4. The van der Waals surface area contributed by atoms with Crippen molar-refractivity contribution in [2.75, 3.05) is 24.8 Å². The Bertz CT molecular complexity index is 540. The molecule has 18 heavy (non-hydrogen) atoms. The number of nitrogens with zero attached hydrogens (tertiary/aromatic N) is 4. The van der Waals surface area contributed by atoms with Gasteiger partial charge < -0.3 is 19.9 Å². The van der Waals surface area contributed by atoms with Crippen molar-refractivity contribution in [1.29, 1.82) is 0 Å². The third-order valence-electron chi connectivity index (χ3n) is 2.46. The van der Waals surface area contributed by atoms with Crippen LogP contribution in [0.2, 0.25) is 0 Å². The standard InChI is InChI=1S/C11H15N5O2/c1-7-4-8(15-18-7)5-16(2)10-9(12)11(17-3)14-6-13-10/h4,6H,5,12H2,1-3H3. The predicted molar refractivity (Wildman–Crippen MR) is 66.3 cm³/mol. The van der Waals surface area contributed by atoms with Gasteiger partial charge in [-0.05, 0) is 6.92 Å². The van der Waals surface area contributed by atoms with E-state index >= 15 is 0 Å². The molecule has 0 aliphatic heterocycles. The Morgan fingerprint density at radius 1 is 1.44 bits per heavy atom. The van der Waals surface area contributed by atoms with E-state index in [1.165, 1.54) is 13.4 Å². The molecule has 96 valence electrons. The quantitative estimate of drug-likeness (QED) is 0.864. The van der Waals surface area contributed by atoms with Gasteiger partial charge in [-0.2, -0.15) is 4.98 Å². The zero-order valence-corrected chi connectivity index (χ0v) is 10.5. The Hall–Kier alpha value is -2.31. The molecular weight excluding hydrogens is 234 g/mol. The van der Waals surface area contributed by atoms with Crippen molar-refractivity contribution in [3.05, 3.63) is 23.8 Å². The summed E-state index contributed by atoms with van der Waals surface area (Å²) < 4.78 is 10.1. The van der Waals surface area contributed by atoms with Crippen LogP contribution in [0.5, 0.6) is 5.88 Å². The summed E-state index contributed by atoms with van der Waals surface area (Å²) in [6.07, 6.45) is 1.41. The summed E-state index contributed by atoms with van der Waals surface area (Å²) in [7, 11) is 3.38. The number of nitrogen functional groups attached to an aromatic ring is 1. The van der Waals surface area contributed by atoms with Gasteiger partial charge in [-0.3, -0.25) is 0 Å². The highest BCUT2D eigenvalue weighted by atomic mass is 16.5. The van der Waals surface area contributed by atoms with Crippen LogP contribution in [0, 0.1) is 6.92 Å². The average Bonchev–Trinajstić information content (AvgIpc) is 2.75. The fraction of sp³-hybridized carbons (Fsp3) is 0.364. The van der Waals surface area contributed by atoms with E-state index in [0.29, 0.717) is 23.9 Å². The maximum atomic E-state index is 5.92. The number of aryl methyl sites for hydroxylation is 1. The van der Waals surface area contributed by atoms with Crippen molar-refractivity contribution in [2.24, 2.45) is 0 Å². The van der Waals surface area contributed by atoms with E-state index in [1.54, 1.807) is 0 Å². The van der Waals surface area contributed by atoms with Crippen LogP contribution in [-0.2, 0) is 6.54 Å². The Labute approximate surface area is 105 Å². The zero-order valence-electron chi connectivity index (χ0n) is 10.5. The van der Waals surface area contributed by atoms with Gasteiger partial charge in [0, 0.05) is 13.1 Å². The van der Waals surface area contributed by atoms with Crippen molar-refractivity contribution < 1.29 is 9.26 Å². The van der Waals surface area contributed by atoms with Gasteiger partial charge in [0.1, 0.15) is 23.5 Å². The Morgan fingerprint density at radius 3 is 2.83 bits per heavy atom. The number of ether oxygens (including phenoxy) is 1. The van der Waals surface area contributed by atoms with E-state index in [0.717, 1.165) is 11.5 Å². The Balaban J connectivity index is 2.21.